The van der Waals surface area contributed by atoms with Crippen molar-refractivity contribution in [2.24, 2.45) is 11.8 Å². The third-order valence-corrected chi connectivity index (χ3v) is 8.92. The van der Waals surface area contributed by atoms with Crippen LogP contribution < -0.4 is 18.9 Å². The molecule has 1 atom stereocenters. The number of hydrogen-bond acceptors (Lipinski definition) is 4. The van der Waals surface area contributed by atoms with E-state index in [0.717, 1.165) is 48.7 Å². The summed E-state index contributed by atoms with van der Waals surface area (Å²) in [6, 6.07) is 34.4. The van der Waals surface area contributed by atoms with Gasteiger partial charge in [-0.2, -0.15) is 0 Å². The van der Waals surface area contributed by atoms with Crippen LogP contribution in [0.1, 0.15) is 60.8 Å². The molecule has 0 heterocycles. The van der Waals surface area contributed by atoms with Gasteiger partial charge in [0.15, 0.2) is 0 Å². The van der Waals surface area contributed by atoms with E-state index in [9.17, 15) is 0 Å². The minimum Gasteiger partial charge on any atom is -0.497 e. The Morgan fingerprint density at radius 1 is 0.364 bits per heavy atom. The summed E-state index contributed by atoms with van der Waals surface area (Å²) >= 11 is 0. The first-order valence-corrected chi connectivity index (χ1v) is 16.1. The fourth-order valence-electron chi connectivity index (χ4n) is 6.27. The summed E-state index contributed by atoms with van der Waals surface area (Å²) in [5.41, 5.74) is 5.54. The Bertz CT molecular complexity index is 1280. The Hall–Kier alpha value is -3.92. The smallest absolute Gasteiger partial charge is 0.118 e. The summed E-state index contributed by atoms with van der Waals surface area (Å²) in [7, 11) is 6.91. The van der Waals surface area contributed by atoms with Gasteiger partial charge in [0.2, 0.25) is 0 Å². The molecular weight excluding hydrogens is 544 g/mol. The SMILES string of the molecule is COc1ccc(CCCC(CCCc2ccc(OC)cc2)C(CCCc2ccc(OC)cc2)Cc2ccc(OC)cc2)cc1. The molecule has 4 rings (SSSR count). The van der Waals surface area contributed by atoms with E-state index in [1.807, 2.05) is 0 Å². The van der Waals surface area contributed by atoms with Gasteiger partial charge in [-0.1, -0.05) is 48.5 Å². The Morgan fingerprint density at radius 3 is 0.932 bits per heavy atom. The van der Waals surface area contributed by atoms with Gasteiger partial charge in [0, 0.05) is 0 Å². The van der Waals surface area contributed by atoms with Gasteiger partial charge in [-0.25, -0.2) is 0 Å². The van der Waals surface area contributed by atoms with Crippen LogP contribution in [0.4, 0.5) is 0 Å². The van der Waals surface area contributed by atoms with Crippen molar-refractivity contribution in [2.45, 2.75) is 64.2 Å². The lowest BCUT2D eigenvalue weighted by Gasteiger charge is -2.28. The molecule has 234 valence electrons. The highest BCUT2D eigenvalue weighted by molar-refractivity contribution is 5.30. The zero-order valence-electron chi connectivity index (χ0n) is 27.1. The van der Waals surface area contributed by atoms with Crippen molar-refractivity contribution < 1.29 is 18.9 Å². The molecule has 44 heavy (non-hydrogen) atoms. The molecule has 0 N–H and O–H groups in total. The second-order valence-corrected chi connectivity index (χ2v) is 11.8. The van der Waals surface area contributed by atoms with Gasteiger partial charge in [0.25, 0.3) is 0 Å². The fraction of sp³-hybridized carbons (Fsp3) is 0.400. The van der Waals surface area contributed by atoms with Crippen LogP contribution in [0.25, 0.3) is 0 Å². The highest BCUT2D eigenvalue weighted by Gasteiger charge is 2.22. The van der Waals surface area contributed by atoms with E-state index < -0.39 is 0 Å². The van der Waals surface area contributed by atoms with Gasteiger partial charge in [-0.05, 0) is 147 Å². The molecule has 0 aliphatic rings. The molecule has 0 spiro atoms. The zero-order valence-corrected chi connectivity index (χ0v) is 27.1. The largest absolute Gasteiger partial charge is 0.497 e. The van der Waals surface area contributed by atoms with E-state index in [-0.39, 0.29) is 0 Å². The Balaban J connectivity index is 1.46. The van der Waals surface area contributed by atoms with Crippen LogP contribution in [0, 0.1) is 11.8 Å². The van der Waals surface area contributed by atoms with Crippen LogP contribution in [-0.2, 0) is 25.7 Å². The summed E-state index contributed by atoms with van der Waals surface area (Å²) in [4.78, 5) is 0. The van der Waals surface area contributed by atoms with Crippen molar-refractivity contribution in [3.05, 3.63) is 119 Å². The van der Waals surface area contributed by atoms with Crippen molar-refractivity contribution in [1.82, 2.24) is 0 Å². The van der Waals surface area contributed by atoms with Crippen LogP contribution in [0.2, 0.25) is 0 Å². The highest BCUT2D eigenvalue weighted by atomic mass is 16.5. The van der Waals surface area contributed by atoms with Crippen LogP contribution in [-0.4, -0.2) is 28.4 Å². The number of aryl methyl sites for hydroxylation is 3. The second-order valence-electron chi connectivity index (χ2n) is 11.8. The minimum atomic E-state index is 0.619. The number of ether oxygens (including phenoxy) is 4. The summed E-state index contributed by atoms with van der Waals surface area (Å²) in [6.07, 6.45) is 11.6. The van der Waals surface area contributed by atoms with Crippen molar-refractivity contribution in [2.75, 3.05) is 28.4 Å². The van der Waals surface area contributed by atoms with E-state index in [1.54, 1.807) is 28.4 Å². The average molecular weight is 595 g/mol. The summed E-state index contributed by atoms with van der Waals surface area (Å²) < 4.78 is 21.5. The van der Waals surface area contributed by atoms with E-state index >= 15 is 0 Å². The van der Waals surface area contributed by atoms with Crippen molar-refractivity contribution in [1.29, 1.82) is 0 Å². The van der Waals surface area contributed by atoms with Crippen molar-refractivity contribution >= 4 is 0 Å². The summed E-state index contributed by atoms with van der Waals surface area (Å²) in [5.74, 6) is 4.95. The molecule has 0 fully saturated rings. The first-order chi connectivity index (χ1) is 21.6. The van der Waals surface area contributed by atoms with E-state index in [2.05, 4.69) is 97.1 Å². The molecule has 0 aliphatic heterocycles. The Kier molecular flexibility index (Phi) is 13.5. The summed E-state index contributed by atoms with van der Waals surface area (Å²) in [6.45, 7) is 0. The molecule has 0 amide bonds. The fourth-order valence-corrected chi connectivity index (χ4v) is 6.27. The van der Waals surface area contributed by atoms with Gasteiger partial charge in [0.05, 0.1) is 28.4 Å². The predicted octanol–water partition coefficient (Wildman–Crippen LogP) is 9.56. The molecule has 4 nitrogen and oxygen atoms in total. The molecule has 4 heteroatoms. The van der Waals surface area contributed by atoms with Gasteiger partial charge < -0.3 is 18.9 Å². The van der Waals surface area contributed by atoms with Crippen molar-refractivity contribution in [3.63, 3.8) is 0 Å². The number of benzene rings is 4. The van der Waals surface area contributed by atoms with Gasteiger partial charge >= 0.3 is 0 Å². The van der Waals surface area contributed by atoms with Gasteiger partial charge in [-0.3, -0.25) is 0 Å². The lowest BCUT2D eigenvalue weighted by atomic mass is 9.77. The van der Waals surface area contributed by atoms with E-state index in [0.29, 0.717) is 11.8 Å². The van der Waals surface area contributed by atoms with E-state index in [4.69, 9.17) is 18.9 Å². The topological polar surface area (TPSA) is 36.9 Å². The normalized spacial score (nSPS) is 11.8. The highest BCUT2D eigenvalue weighted by Crippen LogP contribution is 2.33. The Labute approximate surface area is 265 Å². The monoisotopic (exact) mass is 594 g/mol. The third kappa shape index (κ3) is 10.7. The van der Waals surface area contributed by atoms with Crippen LogP contribution in [0.15, 0.2) is 97.1 Å². The first kappa shape index (κ1) is 33.0. The molecular formula is C40H50O4. The van der Waals surface area contributed by atoms with Gasteiger partial charge in [-0.15, -0.1) is 0 Å². The molecule has 0 saturated carbocycles. The van der Waals surface area contributed by atoms with Crippen LogP contribution in [0.5, 0.6) is 23.0 Å². The zero-order chi connectivity index (χ0) is 31.0. The lowest BCUT2D eigenvalue weighted by molar-refractivity contribution is 0.261. The number of hydrogen-bond donors (Lipinski definition) is 0. The maximum Gasteiger partial charge on any atom is 0.118 e. The molecule has 4 aromatic carbocycles. The van der Waals surface area contributed by atoms with E-state index in [1.165, 1.54) is 60.8 Å². The number of methoxy groups -OCH3 is 4. The van der Waals surface area contributed by atoms with Gasteiger partial charge in [0.1, 0.15) is 23.0 Å². The molecule has 0 radical (unpaired) electrons. The molecule has 4 aromatic rings. The first-order valence-electron chi connectivity index (χ1n) is 16.1. The minimum absolute atomic E-state index is 0.619. The molecule has 1 unspecified atom stereocenters. The molecule has 0 saturated heterocycles. The maximum absolute atomic E-state index is 5.45. The Morgan fingerprint density at radius 2 is 0.636 bits per heavy atom. The molecule has 0 aromatic heterocycles. The van der Waals surface area contributed by atoms with Crippen molar-refractivity contribution in [3.8, 4) is 23.0 Å². The standard InChI is InChI=1S/C40H50O4/c1-41-37-22-14-31(15-23-37)8-5-11-35(12-6-9-32-16-24-38(42-2)25-17-32)36(30-34-20-28-40(44-4)29-21-34)13-7-10-33-18-26-39(43-3)27-19-33/h14-29,35-36H,5-13,30H2,1-4H3. The predicted molar refractivity (Wildman–Crippen MR) is 181 cm³/mol. The quantitative estimate of drug-likeness (QED) is 0.108. The third-order valence-electron chi connectivity index (χ3n) is 8.92. The van der Waals surface area contributed by atoms with Crippen LogP contribution in [0.3, 0.4) is 0 Å². The summed E-state index contributed by atoms with van der Waals surface area (Å²) in [5, 5.41) is 0. The number of rotatable bonds is 19. The van der Waals surface area contributed by atoms with Crippen LogP contribution >= 0.6 is 0 Å². The molecule has 0 aliphatic carbocycles. The molecule has 0 bridgehead atoms. The second kappa shape index (κ2) is 18.0. The lowest BCUT2D eigenvalue weighted by Crippen LogP contribution is -2.19. The maximum atomic E-state index is 5.45. The average Bonchev–Trinajstić information content (AvgIpc) is 3.08.